The molecule has 2 amide bonds. The highest BCUT2D eigenvalue weighted by Gasteiger charge is 2.20. The summed E-state index contributed by atoms with van der Waals surface area (Å²) in [4.78, 5) is 23.8. The van der Waals surface area contributed by atoms with Crippen LogP contribution in [0.2, 0.25) is 0 Å². The summed E-state index contributed by atoms with van der Waals surface area (Å²) in [5.74, 6) is -0.416. The third-order valence-corrected chi connectivity index (χ3v) is 6.33. The van der Waals surface area contributed by atoms with Crippen molar-refractivity contribution in [2.24, 2.45) is 0 Å². The van der Waals surface area contributed by atoms with Crippen LogP contribution in [0.4, 0.5) is 17.1 Å². The molecule has 0 aliphatic carbocycles. The van der Waals surface area contributed by atoms with Crippen LogP contribution in [0.15, 0.2) is 83.8 Å². The largest absolute Gasteiger partial charge is 0.326 e. The average Bonchev–Trinajstić information content (AvgIpc) is 2.74. The summed E-state index contributed by atoms with van der Waals surface area (Å²) in [6.07, 6.45) is 0.125. The smallest absolute Gasteiger partial charge is 0.264 e. The van der Waals surface area contributed by atoms with Gasteiger partial charge in [-0.05, 0) is 48.0 Å². The number of sulfonamides is 1. The van der Waals surface area contributed by atoms with Gasteiger partial charge >= 0.3 is 0 Å². The molecule has 0 atom stereocenters. The van der Waals surface area contributed by atoms with Gasteiger partial charge in [0.1, 0.15) is 0 Å². The molecule has 0 radical (unpaired) electrons. The van der Waals surface area contributed by atoms with Crippen LogP contribution in [0.3, 0.4) is 0 Å². The molecule has 0 heterocycles. The lowest BCUT2D eigenvalue weighted by Crippen LogP contribution is -2.26. The van der Waals surface area contributed by atoms with E-state index in [1.54, 1.807) is 78.9 Å². The molecule has 31 heavy (non-hydrogen) atoms. The Hall–Kier alpha value is -3.65. The van der Waals surface area contributed by atoms with Crippen molar-refractivity contribution in [2.75, 3.05) is 22.0 Å². The number of amides is 2. The average molecular weight is 438 g/mol. The maximum absolute atomic E-state index is 12.7. The Morgan fingerprint density at radius 2 is 1.45 bits per heavy atom. The minimum Gasteiger partial charge on any atom is -0.326 e. The van der Waals surface area contributed by atoms with Crippen molar-refractivity contribution in [2.45, 2.75) is 18.2 Å². The summed E-state index contributed by atoms with van der Waals surface area (Å²) in [6, 6.07) is 21.9. The van der Waals surface area contributed by atoms with Crippen LogP contribution in [0.5, 0.6) is 0 Å². The summed E-state index contributed by atoms with van der Waals surface area (Å²) in [6.45, 7) is 1.41. The molecule has 0 unspecified atom stereocenters. The van der Waals surface area contributed by atoms with Crippen molar-refractivity contribution in [3.05, 3.63) is 84.4 Å². The minimum absolute atomic E-state index is 0.125. The highest BCUT2D eigenvalue weighted by atomic mass is 32.2. The molecule has 3 aromatic rings. The Kier molecular flexibility index (Phi) is 6.71. The van der Waals surface area contributed by atoms with Crippen LogP contribution in [-0.4, -0.2) is 27.3 Å². The normalized spacial score (nSPS) is 10.9. The van der Waals surface area contributed by atoms with E-state index in [0.717, 1.165) is 5.56 Å². The zero-order valence-electron chi connectivity index (χ0n) is 17.2. The fourth-order valence-electron chi connectivity index (χ4n) is 2.98. The molecule has 2 N–H and O–H groups in total. The molecule has 3 aromatic carbocycles. The van der Waals surface area contributed by atoms with Crippen molar-refractivity contribution >= 4 is 38.9 Å². The Bertz CT molecular complexity index is 1180. The number of anilines is 3. The number of carbonyl (C=O) groups excluding carboxylic acids is 2. The predicted octanol–water partition coefficient (Wildman–Crippen LogP) is 3.65. The summed E-state index contributed by atoms with van der Waals surface area (Å²) >= 11 is 0. The van der Waals surface area contributed by atoms with E-state index in [0.29, 0.717) is 17.1 Å². The first-order valence-electron chi connectivity index (χ1n) is 9.56. The van der Waals surface area contributed by atoms with E-state index in [9.17, 15) is 18.0 Å². The second-order valence-electron chi connectivity index (χ2n) is 6.94. The maximum atomic E-state index is 12.7. The fourth-order valence-corrected chi connectivity index (χ4v) is 4.20. The molecule has 0 saturated heterocycles. The zero-order chi connectivity index (χ0) is 22.4. The van der Waals surface area contributed by atoms with Crippen LogP contribution in [-0.2, 0) is 26.0 Å². The topological polar surface area (TPSA) is 95.6 Å². The van der Waals surface area contributed by atoms with Gasteiger partial charge in [0, 0.05) is 25.3 Å². The molecule has 0 fully saturated rings. The molecular formula is C23H23N3O4S. The number of hydrogen-bond donors (Lipinski definition) is 2. The number of nitrogens with one attached hydrogen (secondary N) is 2. The first kappa shape index (κ1) is 22.0. The number of rotatable bonds is 7. The molecule has 3 rings (SSSR count). The van der Waals surface area contributed by atoms with Crippen LogP contribution in [0.1, 0.15) is 12.5 Å². The molecule has 160 valence electrons. The van der Waals surface area contributed by atoms with Gasteiger partial charge in [0.25, 0.3) is 10.0 Å². The van der Waals surface area contributed by atoms with Gasteiger partial charge in [-0.3, -0.25) is 13.9 Å². The van der Waals surface area contributed by atoms with E-state index >= 15 is 0 Å². The van der Waals surface area contributed by atoms with Gasteiger partial charge in [0.05, 0.1) is 17.0 Å². The van der Waals surface area contributed by atoms with Crippen molar-refractivity contribution in [1.29, 1.82) is 0 Å². The van der Waals surface area contributed by atoms with Gasteiger partial charge in [0.15, 0.2) is 0 Å². The molecule has 0 spiro atoms. The second kappa shape index (κ2) is 9.44. The summed E-state index contributed by atoms with van der Waals surface area (Å²) in [7, 11) is -2.17. The van der Waals surface area contributed by atoms with E-state index in [1.165, 1.54) is 18.3 Å². The molecule has 0 saturated carbocycles. The van der Waals surface area contributed by atoms with Crippen LogP contribution < -0.4 is 14.9 Å². The van der Waals surface area contributed by atoms with Crippen molar-refractivity contribution in [3.8, 4) is 0 Å². The third-order valence-electron chi connectivity index (χ3n) is 4.53. The first-order valence-corrected chi connectivity index (χ1v) is 11.0. The summed E-state index contributed by atoms with van der Waals surface area (Å²) < 4.78 is 26.7. The highest BCUT2D eigenvalue weighted by Crippen LogP contribution is 2.22. The number of hydrogen-bond acceptors (Lipinski definition) is 4. The Morgan fingerprint density at radius 3 is 2.06 bits per heavy atom. The third kappa shape index (κ3) is 5.70. The molecule has 0 aromatic heterocycles. The summed E-state index contributed by atoms with van der Waals surface area (Å²) in [5, 5.41) is 5.46. The van der Waals surface area contributed by atoms with Gasteiger partial charge in [-0.1, -0.05) is 36.4 Å². The standard InChI is InChI=1S/C23H23N3O4S/c1-17(27)24-19-7-6-8-20(16-19)25-23(28)15-18-11-13-21(14-12-18)26(2)31(29,30)22-9-4-3-5-10-22/h3-14,16H,15H2,1-2H3,(H,24,27)(H,25,28). The molecule has 0 bridgehead atoms. The molecule has 0 aliphatic rings. The predicted molar refractivity (Wildman–Crippen MR) is 122 cm³/mol. The minimum atomic E-state index is -3.66. The van der Waals surface area contributed by atoms with Crippen LogP contribution in [0.25, 0.3) is 0 Å². The maximum Gasteiger partial charge on any atom is 0.264 e. The van der Waals surface area contributed by atoms with E-state index in [1.807, 2.05) is 0 Å². The van der Waals surface area contributed by atoms with E-state index in [-0.39, 0.29) is 23.1 Å². The second-order valence-corrected chi connectivity index (χ2v) is 8.91. The van der Waals surface area contributed by atoms with Crippen LogP contribution >= 0.6 is 0 Å². The SMILES string of the molecule is CC(=O)Nc1cccc(NC(=O)Cc2ccc(N(C)S(=O)(=O)c3ccccc3)cc2)c1. The van der Waals surface area contributed by atoms with Crippen molar-refractivity contribution in [3.63, 3.8) is 0 Å². The highest BCUT2D eigenvalue weighted by molar-refractivity contribution is 7.92. The number of benzene rings is 3. The molecule has 0 aliphatic heterocycles. The lowest BCUT2D eigenvalue weighted by atomic mass is 10.1. The summed E-state index contributed by atoms with van der Waals surface area (Å²) in [5.41, 5.74) is 2.40. The van der Waals surface area contributed by atoms with E-state index in [2.05, 4.69) is 10.6 Å². The first-order chi connectivity index (χ1) is 14.8. The fraction of sp³-hybridized carbons (Fsp3) is 0.130. The Balaban J connectivity index is 1.65. The van der Waals surface area contributed by atoms with Gasteiger partial charge in [-0.25, -0.2) is 8.42 Å². The van der Waals surface area contributed by atoms with Gasteiger partial charge < -0.3 is 10.6 Å². The quantitative estimate of drug-likeness (QED) is 0.590. The van der Waals surface area contributed by atoms with Crippen molar-refractivity contribution < 1.29 is 18.0 Å². The van der Waals surface area contributed by atoms with Gasteiger partial charge in [-0.15, -0.1) is 0 Å². The lowest BCUT2D eigenvalue weighted by molar-refractivity contribution is -0.115. The van der Waals surface area contributed by atoms with E-state index < -0.39 is 10.0 Å². The molecular weight excluding hydrogens is 414 g/mol. The van der Waals surface area contributed by atoms with E-state index in [4.69, 9.17) is 0 Å². The molecule has 7 nitrogen and oxygen atoms in total. The zero-order valence-corrected chi connectivity index (χ0v) is 18.0. The molecule has 8 heteroatoms. The monoisotopic (exact) mass is 437 g/mol. The Morgan fingerprint density at radius 1 is 0.839 bits per heavy atom. The Labute approximate surface area is 181 Å². The van der Waals surface area contributed by atoms with Crippen LogP contribution in [0, 0.1) is 0 Å². The van der Waals surface area contributed by atoms with Crippen molar-refractivity contribution in [1.82, 2.24) is 0 Å². The number of carbonyl (C=O) groups is 2. The number of nitrogens with zero attached hydrogens (tertiary/aromatic N) is 1. The lowest BCUT2D eigenvalue weighted by Gasteiger charge is -2.19. The van der Waals surface area contributed by atoms with Gasteiger partial charge in [-0.2, -0.15) is 0 Å². The van der Waals surface area contributed by atoms with Gasteiger partial charge in [0.2, 0.25) is 11.8 Å².